The van der Waals surface area contributed by atoms with E-state index in [0.29, 0.717) is 18.3 Å². The molecular weight excluding hydrogens is 402 g/mol. The third kappa shape index (κ3) is 4.27. The topological polar surface area (TPSA) is 109 Å². The van der Waals surface area contributed by atoms with Gasteiger partial charge >= 0.3 is 0 Å². The Kier molecular flexibility index (Phi) is 5.68. The van der Waals surface area contributed by atoms with Crippen LogP contribution in [0.1, 0.15) is 24.8 Å². The van der Waals surface area contributed by atoms with Crippen molar-refractivity contribution in [2.24, 2.45) is 11.7 Å². The molecule has 1 saturated heterocycles. The highest BCUT2D eigenvalue weighted by atomic mass is 16.1. The molecule has 1 amide bonds. The number of benzene rings is 1. The first-order valence-electron chi connectivity index (χ1n) is 11.1. The van der Waals surface area contributed by atoms with Crippen LogP contribution in [0.2, 0.25) is 0 Å². The summed E-state index contributed by atoms with van der Waals surface area (Å²) in [5, 5.41) is 6.27. The highest BCUT2D eigenvalue weighted by Crippen LogP contribution is 2.33. The van der Waals surface area contributed by atoms with E-state index in [9.17, 15) is 4.79 Å². The minimum atomic E-state index is 0.0660. The number of amides is 1. The zero-order valence-corrected chi connectivity index (χ0v) is 17.9. The van der Waals surface area contributed by atoms with Crippen molar-refractivity contribution in [1.29, 1.82) is 0 Å². The monoisotopic (exact) mass is 429 g/mol. The number of fused-ring (bicyclic) bond motifs is 1. The average molecular weight is 430 g/mol. The van der Waals surface area contributed by atoms with Crippen molar-refractivity contribution in [2.45, 2.75) is 25.7 Å². The summed E-state index contributed by atoms with van der Waals surface area (Å²) in [5.74, 6) is 2.12. The largest absolute Gasteiger partial charge is 0.356 e. The van der Waals surface area contributed by atoms with E-state index in [0.717, 1.165) is 72.8 Å². The van der Waals surface area contributed by atoms with Crippen LogP contribution in [0.3, 0.4) is 0 Å². The number of aromatic nitrogens is 3. The standard InChI is InChI=1S/C24H27N7O/c25-14-16-7-11-31(12-8-16)23-20(17-5-9-26-10-6-17)15-27-24(30-23)28-19-2-3-21-18(13-19)1-4-22(32)29-21/h2-3,5-6,9-10,13,15-16H,1,4,7-8,11-12,14,25H2,(H,29,32)(H,27,28,30). The zero-order chi connectivity index (χ0) is 21.9. The molecule has 0 unspecified atom stereocenters. The number of hydrogen-bond acceptors (Lipinski definition) is 7. The average Bonchev–Trinajstić information content (AvgIpc) is 2.85. The summed E-state index contributed by atoms with van der Waals surface area (Å²) in [6.45, 7) is 2.59. The number of hydrogen-bond donors (Lipinski definition) is 3. The van der Waals surface area contributed by atoms with Crippen LogP contribution in [0.5, 0.6) is 0 Å². The van der Waals surface area contributed by atoms with Crippen molar-refractivity contribution < 1.29 is 4.79 Å². The Morgan fingerprint density at radius 3 is 2.72 bits per heavy atom. The van der Waals surface area contributed by atoms with Crippen LogP contribution in [0, 0.1) is 5.92 Å². The van der Waals surface area contributed by atoms with Gasteiger partial charge in [-0.3, -0.25) is 9.78 Å². The lowest BCUT2D eigenvalue weighted by Crippen LogP contribution is -2.37. The number of anilines is 4. The predicted molar refractivity (Wildman–Crippen MR) is 126 cm³/mol. The molecule has 1 aromatic carbocycles. The SMILES string of the molecule is NCC1CCN(c2nc(Nc3ccc4c(c3)CCC(=O)N4)ncc2-c2ccncc2)CC1. The van der Waals surface area contributed by atoms with E-state index in [2.05, 4.69) is 31.6 Å². The van der Waals surface area contributed by atoms with E-state index in [4.69, 9.17) is 10.7 Å². The molecule has 2 aliphatic rings. The number of carbonyl (C=O) groups is 1. The first-order valence-corrected chi connectivity index (χ1v) is 11.1. The molecule has 4 heterocycles. The fourth-order valence-electron chi connectivity index (χ4n) is 4.38. The maximum absolute atomic E-state index is 11.6. The highest BCUT2D eigenvalue weighted by molar-refractivity contribution is 5.94. The molecule has 2 aliphatic heterocycles. The van der Waals surface area contributed by atoms with Gasteiger partial charge in [-0.2, -0.15) is 4.98 Å². The van der Waals surface area contributed by atoms with Gasteiger partial charge in [0, 0.05) is 55.0 Å². The molecule has 2 aromatic heterocycles. The molecule has 5 rings (SSSR count). The lowest BCUT2D eigenvalue weighted by molar-refractivity contribution is -0.116. The molecule has 0 radical (unpaired) electrons. The lowest BCUT2D eigenvalue weighted by atomic mass is 9.96. The van der Waals surface area contributed by atoms with Gasteiger partial charge in [-0.1, -0.05) is 0 Å². The number of piperidine rings is 1. The summed E-state index contributed by atoms with van der Waals surface area (Å²) in [6, 6.07) is 9.90. The second kappa shape index (κ2) is 8.92. The van der Waals surface area contributed by atoms with Crippen molar-refractivity contribution in [3.05, 3.63) is 54.5 Å². The molecule has 1 fully saturated rings. The Bertz CT molecular complexity index is 1110. The quantitative estimate of drug-likeness (QED) is 0.571. The van der Waals surface area contributed by atoms with Gasteiger partial charge in [0.2, 0.25) is 11.9 Å². The molecule has 0 aliphatic carbocycles. The second-order valence-electron chi connectivity index (χ2n) is 8.38. The van der Waals surface area contributed by atoms with Gasteiger partial charge in [0.25, 0.3) is 0 Å². The molecular formula is C24H27N7O. The molecule has 4 N–H and O–H groups in total. The molecule has 8 nitrogen and oxygen atoms in total. The Labute approximate surface area is 187 Å². The number of pyridine rings is 1. The minimum Gasteiger partial charge on any atom is -0.356 e. The van der Waals surface area contributed by atoms with E-state index in [1.807, 2.05) is 30.5 Å². The molecule has 32 heavy (non-hydrogen) atoms. The van der Waals surface area contributed by atoms with E-state index in [1.165, 1.54) is 0 Å². The third-order valence-electron chi connectivity index (χ3n) is 6.26. The van der Waals surface area contributed by atoms with Gasteiger partial charge < -0.3 is 21.3 Å². The van der Waals surface area contributed by atoms with Crippen molar-refractivity contribution in [1.82, 2.24) is 15.0 Å². The van der Waals surface area contributed by atoms with Crippen molar-refractivity contribution in [2.75, 3.05) is 35.2 Å². The van der Waals surface area contributed by atoms with Crippen LogP contribution >= 0.6 is 0 Å². The van der Waals surface area contributed by atoms with Gasteiger partial charge in [0.1, 0.15) is 5.82 Å². The van der Waals surface area contributed by atoms with E-state index in [-0.39, 0.29) is 5.91 Å². The van der Waals surface area contributed by atoms with E-state index < -0.39 is 0 Å². The van der Waals surface area contributed by atoms with Crippen LogP contribution in [0.15, 0.2) is 48.9 Å². The number of aryl methyl sites for hydroxylation is 1. The Hall–Kier alpha value is -3.52. The Morgan fingerprint density at radius 1 is 1.12 bits per heavy atom. The molecule has 8 heteroatoms. The third-order valence-corrected chi connectivity index (χ3v) is 6.26. The predicted octanol–water partition coefficient (Wildman–Crippen LogP) is 3.34. The Morgan fingerprint density at radius 2 is 1.94 bits per heavy atom. The van der Waals surface area contributed by atoms with E-state index in [1.54, 1.807) is 12.4 Å². The maximum Gasteiger partial charge on any atom is 0.229 e. The summed E-state index contributed by atoms with van der Waals surface area (Å²) in [7, 11) is 0. The van der Waals surface area contributed by atoms with Crippen molar-refractivity contribution in [3.8, 4) is 11.1 Å². The van der Waals surface area contributed by atoms with Crippen molar-refractivity contribution >= 4 is 29.0 Å². The normalized spacial score (nSPS) is 16.4. The minimum absolute atomic E-state index is 0.0660. The molecule has 164 valence electrons. The molecule has 0 bridgehead atoms. The second-order valence-corrected chi connectivity index (χ2v) is 8.38. The van der Waals surface area contributed by atoms with Crippen LogP contribution < -0.4 is 21.3 Å². The fraction of sp³-hybridized carbons (Fsp3) is 0.333. The number of rotatable bonds is 5. The smallest absolute Gasteiger partial charge is 0.229 e. The molecule has 0 spiro atoms. The first kappa shape index (κ1) is 20.4. The molecule has 0 saturated carbocycles. The maximum atomic E-state index is 11.6. The van der Waals surface area contributed by atoms with Crippen molar-refractivity contribution in [3.63, 3.8) is 0 Å². The zero-order valence-electron chi connectivity index (χ0n) is 17.9. The van der Waals surface area contributed by atoms with Gasteiger partial charge in [-0.25, -0.2) is 4.98 Å². The highest BCUT2D eigenvalue weighted by Gasteiger charge is 2.23. The summed E-state index contributed by atoms with van der Waals surface area (Å²) in [6.07, 6.45) is 8.84. The van der Waals surface area contributed by atoms with Crippen LogP contribution in [0.25, 0.3) is 11.1 Å². The summed E-state index contributed by atoms with van der Waals surface area (Å²) in [4.78, 5) is 27.6. The van der Waals surface area contributed by atoms with Crippen LogP contribution in [0.4, 0.5) is 23.1 Å². The molecule has 0 atom stereocenters. The fourth-order valence-corrected chi connectivity index (χ4v) is 4.38. The number of nitrogens with zero attached hydrogens (tertiary/aromatic N) is 4. The van der Waals surface area contributed by atoms with Gasteiger partial charge in [-0.15, -0.1) is 0 Å². The molecule has 3 aromatic rings. The summed E-state index contributed by atoms with van der Waals surface area (Å²) >= 11 is 0. The number of carbonyl (C=O) groups excluding carboxylic acids is 1. The first-order chi connectivity index (χ1) is 15.7. The summed E-state index contributed by atoms with van der Waals surface area (Å²) < 4.78 is 0. The van der Waals surface area contributed by atoms with Gasteiger partial charge in [0.05, 0.1) is 0 Å². The van der Waals surface area contributed by atoms with Gasteiger partial charge in [0.15, 0.2) is 0 Å². The Balaban J connectivity index is 1.44. The van der Waals surface area contributed by atoms with Crippen LogP contribution in [-0.4, -0.2) is 40.5 Å². The number of nitrogens with two attached hydrogens (primary N) is 1. The number of nitrogens with one attached hydrogen (secondary N) is 2. The lowest BCUT2D eigenvalue weighted by Gasteiger charge is -2.33. The van der Waals surface area contributed by atoms with E-state index >= 15 is 0 Å². The summed E-state index contributed by atoms with van der Waals surface area (Å²) in [5.41, 5.74) is 10.8. The van der Waals surface area contributed by atoms with Gasteiger partial charge in [-0.05, 0) is 73.2 Å². The van der Waals surface area contributed by atoms with Crippen LogP contribution in [-0.2, 0) is 11.2 Å².